The van der Waals surface area contributed by atoms with Crippen molar-refractivity contribution in [1.82, 2.24) is 9.66 Å². The van der Waals surface area contributed by atoms with Crippen LogP contribution in [-0.4, -0.2) is 20.8 Å². The van der Waals surface area contributed by atoms with E-state index in [1.165, 1.54) is 17.0 Å². The molecule has 0 aliphatic rings. The first-order chi connectivity index (χ1) is 15.8. The number of rotatable bonds is 6. The summed E-state index contributed by atoms with van der Waals surface area (Å²) in [5.74, 6) is 1.46. The number of benzene rings is 2. The van der Waals surface area contributed by atoms with Crippen molar-refractivity contribution >= 4 is 38.7 Å². The Hall–Kier alpha value is -3.59. The molecule has 4 aromatic rings. The lowest BCUT2D eigenvalue weighted by Gasteiger charge is -2.13. The fourth-order valence-electron chi connectivity index (χ4n) is 3.43. The number of hydrogen-bond donors (Lipinski definition) is 0. The van der Waals surface area contributed by atoms with Crippen molar-refractivity contribution in [2.24, 2.45) is 5.10 Å². The third kappa shape index (κ3) is 4.49. The highest BCUT2D eigenvalue weighted by Crippen LogP contribution is 2.28. The zero-order chi connectivity index (χ0) is 23.7. The number of hydrogen-bond acceptors (Lipinski definition) is 6. The van der Waals surface area contributed by atoms with Gasteiger partial charge < -0.3 is 4.42 Å². The minimum Gasteiger partial charge on any atom is -0.455 e. The lowest BCUT2D eigenvalue weighted by molar-refractivity contribution is -0.385. The van der Waals surface area contributed by atoms with Crippen molar-refractivity contribution in [2.75, 3.05) is 0 Å². The number of fused-ring (bicyclic) bond motifs is 1. The van der Waals surface area contributed by atoms with E-state index in [1.54, 1.807) is 43.3 Å². The number of aromatic nitrogens is 2. The second-order valence-electron chi connectivity index (χ2n) is 7.76. The van der Waals surface area contributed by atoms with Crippen LogP contribution in [0.1, 0.15) is 43.3 Å². The second-order valence-corrected chi connectivity index (χ2v) is 8.68. The van der Waals surface area contributed by atoms with E-state index >= 15 is 0 Å². The van der Waals surface area contributed by atoms with Gasteiger partial charge in [0.2, 0.25) is 0 Å². The first kappa shape index (κ1) is 22.6. The van der Waals surface area contributed by atoms with Gasteiger partial charge in [-0.25, -0.2) is 4.98 Å². The van der Waals surface area contributed by atoms with Crippen molar-refractivity contribution in [1.29, 1.82) is 0 Å². The van der Waals surface area contributed by atoms with Crippen molar-refractivity contribution in [2.45, 2.75) is 33.1 Å². The summed E-state index contributed by atoms with van der Waals surface area (Å²) in [7, 11) is 0. The summed E-state index contributed by atoms with van der Waals surface area (Å²) >= 11 is 3.40. The standard InChI is InChI=1S/C24H21BrN4O4/c1-4-14(2)23-27-20-9-7-17(25)12-19(20)24(30)28(23)26-13-18-8-10-22(33-18)16-6-5-15(3)21(11-16)29(31)32/h5-14H,4H2,1-3H3/t14-/m0/s1. The van der Waals surface area contributed by atoms with Crippen LogP contribution in [0.4, 0.5) is 5.69 Å². The van der Waals surface area contributed by atoms with Gasteiger partial charge in [-0.15, -0.1) is 0 Å². The number of aryl methyl sites for hydroxylation is 1. The third-order valence-electron chi connectivity index (χ3n) is 5.50. The summed E-state index contributed by atoms with van der Waals surface area (Å²) in [5.41, 5.74) is 1.53. The Labute approximate surface area is 197 Å². The molecule has 2 aromatic heterocycles. The molecule has 8 nitrogen and oxygen atoms in total. The van der Waals surface area contributed by atoms with Crippen LogP contribution in [0.3, 0.4) is 0 Å². The predicted molar refractivity (Wildman–Crippen MR) is 131 cm³/mol. The first-order valence-corrected chi connectivity index (χ1v) is 11.2. The Balaban J connectivity index is 1.74. The quantitative estimate of drug-likeness (QED) is 0.179. The molecule has 0 bridgehead atoms. The largest absolute Gasteiger partial charge is 0.455 e. The zero-order valence-electron chi connectivity index (χ0n) is 18.3. The molecule has 0 amide bonds. The molecule has 9 heteroatoms. The molecular weight excluding hydrogens is 488 g/mol. The van der Waals surface area contributed by atoms with Crippen LogP contribution in [0.25, 0.3) is 22.2 Å². The minimum absolute atomic E-state index is 0.0168. The van der Waals surface area contributed by atoms with Crippen molar-refractivity contribution in [3.63, 3.8) is 0 Å². The lowest BCUT2D eigenvalue weighted by atomic mass is 10.1. The molecule has 33 heavy (non-hydrogen) atoms. The molecule has 4 rings (SSSR count). The van der Waals surface area contributed by atoms with Crippen LogP contribution < -0.4 is 5.56 Å². The van der Waals surface area contributed by atoms with E-state index in [0.29, 0.717) is 39.4 Å². The van der Waals surface area contributed by atoms with Gasteiger partial charge in [0.25, 0.3) is 11.2 Å². The lowest BCUT2D eigenvalue weighted by Crippen LogP contribution is -2.23. The molecule has 2 heterocycles. The van der Waals surface area contributed by atoms with Gasteiger partial charge in [0.15, 0.2) is 0 Å². The molecule has 168 valence electrons. The van der Waals surface area contributed by atoms with E-state index in [0.717, 1.165) is 10.9 Å². The molecule has 0 spiro atoms. The molecule has 0 unspecified atom stereocenters. The van der Waals surface area contributed by atoms with Gasteiger partial charge in [-0.1, -0.05) is 41.9 Å². The molecule has 0 aliphatic carbocycles. The topological polar surface area (TPSA) is 104 Å². The average molecular weight is 509 g/mol. The highest BCUT2D eigenvalue weighted by atomic mass is 79.9. The van der Waals surface area contributed by atoms with Crippen LogP contribution in [0.5, 0.6) is 0 Å². The number of nitro benzene ring substituents is 1. The van der Waals surface area contributed by atoms with Crippen LogP contribution in [0, 0.1) is 17.0 Å². The maximum absolute atomic E-state index is 13.2. The predicted octanol–water partition coefficient (Wildman–Crippen LogP) is 6.03. The van der Waals surface area contributed by atoms with Crippen molar-refractivity contribution in [3.8, 4) is 11.3 Å². The summed E-state index contributed by atoms with van der Waals surface area (Å²) in [6.07, 6.45) is 2.24. The van der Waals surface area contributed by atoms with Crippen molar-refractivity contribution < 1.29 is 9.34 Å². The van der Waals surface area contributed by atoms with Crippen LogP contribution in [-0.2, 0) is 0 Å². The van der Waals surface area contributed by atoms with E-state index in [9.17, 15) is 14.9 Å². The minimum atomic E-state index is -0.419. The maximum Gasteiger partial charge on any atom is 0.282 e. The number of halogens is 1. The number of nitro groups is 1. The van der Waals surface area contributed by atoms with Crippen LogP contribution >= 0.6 is 15.9 Å². The number of nitrogens with zero attached hydrogens (tertiary/aromatic N) is 4. The third-order valence-corrected chi connectivity index (χ3v) is 6.00. The summed E-state index contributed by atoms with van der Waals surface area (Å²) < 4.78 is 7.91. The molecule has 0 aliphatic heterocycles. The number of furan rings is 1. The summed E-state index contributed by atoms with van der Waals surface area (Å²) in [6.45, 7) is 5.70. The van der Waals surface area contributed by atoms with Crippen LogP contribution in [0.2, 0.25) is 0 Å². The Morgan fingerprint density at radius 2 is 2.03 bits per heavy atom. The molecule has 0 N–H and O–H groups in total. The normalized spacial score (nSPS) is 12.5. The summed E-state index contributed by atoms with van der Waals surface area (Å²) in [6, 6.07) is 13.7. The molecular formula is C24H21BrN4O4. The zero-order valence-corrected chi connectivity index (χ0v) is 19.9. The molecule has 1 atom stereocenters. The van der Waals surface area contributed by atoms with E-state index in [1.807, 2.05) is 19.9 Å². The fourth-order valence-corrected chi connectivity index (χ4v) is 3.79. The molecule has 2 aromatic carbocycles. The Morgan fingerprint density at radius 3 is 2.76 bits per heavy atom. The van der Waals surface area contributed by atoms with Gasteiger partial charge in [-0.2, -0.15) is 9.78 Å². The van der Waals surface area contributed by atoms with E-state index in [2.05, 4.69) is 26.0 Å². The average Bonchev–Trinajstić information content (AvgIpc) is 3.27. The highest BCUT2D eigenvalue weighted by molar-refractivity contribution is 9.10. The van der Waals surface area contributed by atoms with Gasteiger partial charge >= 0.3 is 0 Å². The van der Waals surface area contributed by atoms with Gasteiger partial charge in [0.1, 0.15) is 17.3 Å². The monoisotopic (exact) mass is 508 g/mol. The Kier molecular flexibility index (Phi) is 6.24. The van der Waals surface area contributed by atoms with E-state index in [-0.39, 0.29) is 17.2 Å². The molecule has 0 saturated heterocycles. The summed E-state index contributed by atoms with van der Waals surface area (Å²) in [4.78, 5) is 28.7. The second kappa shape index (κ2) is 9.11. The Bertz CT molecular complexity index is 1450. The molecule has 0 saturated carbocycles. The Morgan fingerprint density at radius 1 is 1.24 bits per heavy atom. The van der Waals surface area contributed by atoms with Gasteiger partial charge in [-0.3, -0.25) is 14.9 Å². The SMILES string of the molecule is CC[C@H](C)c1nc2ccc(Br)cc2c(=O)n1N=Cc1ccc(-c2ccc(C)c([N+](=O)[O-])c2)o1. The van der Waals surface area contributed by atoms with Gasteiger partial charge in [0.05, 0.1) is 22.0 Å². The van der Waals surface area contributed by atoms with Gasteiger partial charge in [-0.05, 0) is 43.7 Å². The molecule has 0 radical (unpaired) electrons. The van der Waals surface area contributed by atoms with E-state index < -0.39 is 4.92 Å². The van der Waals surface area contributed by atoms with Gasteiger partial charge in [0, 0.05) is 27.6 Å². The first-order valence-electron chi connectivity index (χ1n) is 10.4. The smallest absolute Gasteiger partial charge is 0.282 e. The fraction of sp³-hybridized carbons (Fsp3) is 0.208. The highest BCUT2D eigenvalue weighted by Gasteiger charge is 2.16. The molecule has 0 fully saturated rings. The van der Waals surface area contributed by atoms with Crippen molar-refractivity contribution in [3.05, 3.63) is 90.6 Å². The van der Waals surface area contributed by atoms with Crippen LogP contribution in [0.15, 0.2) is 67.3 Å². The summed E-state index contributed by atoms with van der Waals surface area (Å²) in [5, 5.41) is 16.1. The maximum atomic E-state index is 13.2. The van der Waals surface area contributed by atoms with E-state index in [4.69, 9.17) is 4.42 Å².